The molecule has 0 amide bonds. The molecule has 0 unspecified atom stereocenters. The zero-order valence-electron chi connectivity index (χ0n) is 13.7. The number of pyridine rings is 1. The number of nitrogens with zero attached hydrogens (tertiary/aromatic N) is 1. The Morgan fingerprint density at radius 2 is 1.50 bits per heavy atom. The smallest absolute Gasteiger partial charge is 0.220 e. The van der Waals surface area contributed by atoms with Crippen molar-refractivity contribution in [3.05, 3.63) is 72.3 Å². The van der Waals surface area contributed by atoms with Gasteiger partial charge in [0.15, 0.2) is 0 Å². The normalized spacial score (nSPS) is 10.2. The van der Waals surface area contributed by atoms with Crippen molar-refractivity contribution in [3.8, 4) is 28.6 Å². The van der Waals surface area contributed by atoms with Gasteiger partial charge in [0.2, 0.25) is 5.88 Å². The predicted octanol–water partition coefficient (Wildman–Crippen LogP) is 4.34. The van der Waals surface area contributed by atoms with E-state index >= 15 is 0 Å². The van der Waals surface area contributed by atoms with Crippen LogP contribution in [0.1, 0.15) is 5.56 Å². The highest BCUT2D eigenvalue weighted by atomic mass is 16.5. The van der Waals surface area contributed by atoms with Gasteiger partial charge in [0, 0.05) is 5.56 Å². The minimum atomic E-state index is 0.406. The molecular weight excluding hydrogens is 302 g/mol. The second-order valence-corrected chi connectivity index (χ2v) is 5.20. The highest BCUT2D eigenvalue weighted by molar-refractivity contribution is 5.61. The first kappa shape index (κ1) is 15.9. The molecule has 1 heterocycles. The first-order valence-electron chi connectivity index (χ1n) is 7.66. The maximum Gasteiger partial charge on any atom is 0.220 e. The minimum absolute atomic E-state index is 0.406. The van der Waals surface area contributed by atoms with Crippen LogP contribution in [0.25, 0.3) is 11.3 Å². The lowest BCUT2D eigenvalue weighted by Gasteiger charge is -2.11. The number of aromatic nitrogens is 1. The molecule has 4 heteroatoms. The topological polar surface area (TPSA) is 40.6 Å². The third kappa shape index (κ3) is 3.66. The van der Waals surface area contributed by atoms with Crippen molar-refractivity contribution in [2.75, 3.05) is 14.2 Å². The fourth-order valence-corrected chi connectivity index (χ4v) is 2.36. The van der Waals surface area contributed by atoms with Gasteiger partial charge in [-0.1, -0.05) is 18.2 Å². The Hall–Kier alpha value is -3.01. The van der Waals surface area contributed by atoms with Crippen molar-refractivity contribution >= 4 is 0 Å². The minimum Gasteiger partial charge on any atom is -0.497 e. The molecule has 0 atom stereocenters. The summed E-state index contributed by atoms with van der Waals surface area (Å²) >= 11 is 0. The van der Waals surface area contributed by atoms with Crippen LogP contribution in [0.5, 0.6) is 17.4 Å². The number of rotatable bonds is 6. The summed E-state index contributed by atoms with van der Waals surface area (Å²) in [5.74, 6) is 2.21. The van der Waals surface area contributed by atoms with Gasteiger partial charge < -0.3 is 14.2 Å². The van der Waals surface area contributed by atoms with Crippen molar-refractivity contribution in [1.82, 2.24) is 4.98 Å². The first-order valence-corrected chi connectivity index (χ1v) is 7.66. The molecule has 122 valence electrons. The number of para-hydroxylation sites is 1. The lowest BCUT2D eigenvalue weighted by atomic mass is 10.1. The van der Waals surface area contributed by atoms with E-state index in [1.807, 2.05) is 66.7 Å². The lowest BCUT2D eigenvalue weighted by Crippen LogP contribution is -2.01. The predicted molar refractivity (Wildman–Crippen MR) is 93.6 cm³/mol. The number of hydrogen-bond acceptors (Lipinski definition) is 4. The van der Waals surface area contributed by atoms with E-state index in [4.69, 9.17) is 14.2 Å². The fraction of sp³-hybridized carbons (Fsp3) is 0.150. The molecule has 0 bridgehead atoms. The number of ether oxygens (including phenoxy) is 3. The Bertz CT molecular complexity index is 786. The van der Waals surface area contributed by atoms with E-state index in [1.54, 1.807) is 14.2 Å². The van der Waals surface area contributed by atoms with Crippen molar-refractivity contribution in [1.29, 1.82) is 0 Å². The Labute approximate surface area is 141 Å². The van der Waals surface area contributed by atoms with Gasteiger partial charge in [-0.15, -0.1) is 0 Å². The molecule has 3 aromatic rings. The molecule has 0 N–H and O–H groups in total. The largest absolute Gasteiger partial charge is 0.497 e. The molecule has 0 aliphatic rings. The molecular formula is C20H19NO3. The van der Waals surface area contributed by atoms with Crippen LogP contribution in [0, 0.1) is 0 Å². The summed E-state index contributed by atoms with van der Waals surface area (Å²) < 4.78 is 16.4. The van der Waals surface area contributed by atoms with Crippen molar-refractivity contribution in [3.63, 3.8) is 0 Å². The zero-order chi connectivity index (χ0) is 16.8. The van der Waals surface area contributed by atoms with E-state index < -0.39 is 0 Å². The van der Waals surface area contributed by atoms with Crippen LogP contribution in [-0.4, -0.2) is 19.2 Å². The Morgan fingerprint density at radius 1 is 0.750 bits per heavy atom. The van der Waals surface area contributed by atoms with Crippen LogP contribution in [0.3, 0.4) is 0 Å². The average Bonchev–Trinajstić information content (AvgIpc) is 2.67. The van der Waals surface area contributed by atoms with Crippen LogP contribution in [0.15, 0.2) is 66.7 Å². The monoisotopic (exact) mass is 321 g/mol. The molecule has 0 saturated heterocycles. The van der Waals surface area contributed by atoms with E-state index in [1.165, 1.54) is 0 Å². The highest BCUT2D eigenvalue weighted by Gasteiger charge is 2.09. The molecule has 0 spiro atoms. The summed E-state index contributed by atoms with van der Waals surface area (Å²) in [6, 6.07) is 21.4. The summed E-state index contributed by atoms with van der Waals surface area (Å²) in [5, 5.41) is 0. The van der Waals surface area contributed by atoms with Crippen LogP contribution in [0.2, 0.25) is 0 Å². The van der Waals surface area contributed by atoms with E-state index in [2.05, 4.69) is 4.98 Å². The number of benzene rings is 2. The Kier molecular flexibility index (Phi) is 4.96. The maximum atomic E-state index is 5.77. The van der Waals surface area contributed by atoms with Gasteiger partial charge in [0.1, 0.15) is 18.1 Å². The summed E-state index contributed by atoms with van der Waals surface area (Å²) in [5.41, 5.74) is 2.75. The summed E-state index contributed by atoms with van der Waals surface area (Å²) in [6.45, 7) is 0.406. The average molecular weight is 321 g/mol. The van der Waals surface area contributed by atoms with Gasteiger partial charge in [-0.2, -0.15) is 0 Å². The zero-order valence-corrected chi connectivity index (χ0v) is 13.7. The molecule has 3 rings (SSSR count). The second kappa shape index (κ2) is 7.51. The Balaban J connectivity index is 1.79. The second-order valence-electron chi connectivity index (χ2n) is 5.20. The van der Waals surface area contributed by atoms with Crippen LogP contribution in [0.4, 0.5) is 0 Å². The van der Waals surface area contributed by atoms with Gasteiger partial charge in [0.05, 0.1) is 25.5 Å². The SMILES string of the molecule is COc1ccc(-c2ccc(COc3ccccc3)c(OC)n2)cc1. The van der Waals surface area contributed by atoms with Gasteiger partial charge in [-0.25, -0.2) is 4.98 Å². The molecule has 0 radical (unpaired) electrons. The lowest BCUT2D eigenvalue weighted by molar-refractivity contribution is 0.294. The molecule has 0 aliphatic heterocycles. The van der Waals surface area contributed by atoms with Gasteiger partial charge >= 0.3 is 0 Å². The van der Waals surface area contributed by atoms with E-state index in [0.717, 1.165) is 28.3 Å². The van der Waals surface area contributed by atoms with Gasteiger partial charge in [0.25, 0.3) is 0 Å². The molecule has 1 aromatic heterocycles. The number of hydrogen-bond donors (Lipinski definition) is 0. The van der Waals surface area contributed by atoms with E-state index in [9.17, 15) is 0 Å². The third-order valence-electron chi connectivity index (χ3n) is 3.66. The summed E-state index contributed by atoms with van der Waals surface area (Å²) in [7, 11) is 3.27. The van der Waals surface area contributed by atoms with E-state index in [0.29, 0.717) is 12.5 Å². The van der Waals surface area contributed by atoms with Crippen LogP contribution >= 0.6 is 0 Å². The molecule has 4 nitrogen and oxygen atoms in total. The van der Waals surface area contributed by atoms with Gasteiger partial charge in [-0.3, -0.25) is 0 Å². The molecule has 2 aromatic carbocycles. The maximum absolute atomic E-state index is 5.77. The van der Waals surface area contributed by atoms with Crippen molar-refractivity contribution in [2.24, 2.45) is 0 Å². The van der Waals surface area contributed by atoms with Crippen molar-refractivity contribution in [2.45, 2.75) is 6.61 Å². The summed E-state index contributed by atoms with van der Waals surface area (Å²) in [6.07, 6.45) is 0. The third-order valence-corrected chi connectivity index (χ3v) is 3.66. The first-order chi connectivity index (χ1) is 11.8. The molecule has 24 heavy (non-hydrogen) atoms. The Morgan fingerprint density at radius 3 is 2.17 bits per heavy atom. The summed E-state index contributed by atoms with van der Waals surface area (Å²) in [4.78, 5) is 4.59. The van der Waals surface area contributed by atoms with Crippen LogP contribution < -0.4 is 14.2 Å². The quantitative estimate of drug-likeness (QED) is 0.677. The molecule has 0 aliphatic carbocycles. The highest BCUT2D eigenvalue weighted by Crippen LogP contribution is 2.26. The molecule has 0 fully saturated rings. The van der Waals surface area contributed by atoms with Crippen LogP contribution in [-0.2, 0) is 6.61 Å². The number of methoxy groups -OCH3 is 2. The van der Waals surface area contributed by atoms with Gasteiger partial charge in [-0.05, 0) is 48.5 Å². The van der Waals surface area contributed by atoms with E-state index in [-0.39, 0.29) is 0 Å². The molecule has 0 saturated carbocycles. The van der Waals surface area contributed by atoms with Crippen molar-refractivity contribution < 1.29 is 14.2 Å². The fourth-order valence-electron chi connectivity index (χ4n) is 2.36. The standard InChI is InChI=1S/C20H19NO3/c1-22-17-11-8-15(9-12-17)19-13-10-16(20(21-19)23-2)14-24-18-6-4-3-5-7-18/h3-13H,14H2,1-2H3.